The van der Waals surface area contributed by atoms with Crippen molar-refractivity contribution in [3.05, 3.63) is 96.1 Å². The van der Waals surface area contributed by atoms with Gasteiger partial charge < -0.3 is 0 Å². The Labute approximate surface area is 171 Å². The van der Waals surface area contributed by atoms with E-state index in [-0.39, 0.29) is 23.7 Å². The molecule has 2 fully saturated rings. The Bertz CT molecular complexity index is 1040. The number of carbonyl (C=O) groups excluding carboxylic acids is 2. The first-order valence-electron chi connectivity index (χ1n) is 10.5. The summed E-state index contributed by atoms with van der Waals surface area (Å²) in [5.74, 6) is 0.575. The second-order valence-electron chi connectivity index (χ2n) is 8.37. The predicted molar refractivity (Wildman–Crippen MR) is 115 cm³/mol. The molecule has 0 spiro atoms. The molecule has 2 bridgehead atoms. The average molecular weight is 380 g/mol. The quantitative estimate of drug-likeness (QED) is 0.576. The molecule has 2 aliphatic carbocycles. The highest BCUT2D eigenvalue weighted by atomic mass is 16.1. The van der Waals surface area contributed by atoms with Gasteiger partial charge in [0.05, 0.1) is 0 Å². The Kier molecular flexibility index (Phi) is 4.63. The fourth-order valence-corrected chi connectivity index (χ4v) is 5.41. The van der Waals surface area contributed by atoms with Crippen LogP contribution >= 0.6 is 0 Å². The zero-order chi connectivity index (χ0) is 19.8. The van der Waals surface area contributed by atoms with E-state index in [0.29, 0.717) is 30.8 Å². The zero-order valence-corrected chi connectivity index (χ0v) is 16.3. The average Bonchev–Trinajstić information content (AvgIpc) is 2.78. The number of fused-ring (bicyclic) bond motifs is 2. The number of Topliss-reactive ketones (excluding diaryl/α,β-unsaturated/α-hetero) is 2. The minimum atomic E-state index is -0.0532. The second kappa shape index (κ2) is 7.44. The maximum absolute atomic E-state index is 13.2. The molecule has 144 valence electrons. The van der Waals surface area contributed by atoms with E-state index >= 15 is 0 Å². The molecule has 2 aliphatic rings. The molecular formula is C27H24O2. The summed E-state index contributed by atoms with van der Waals surface area (Å²) in [6, 6.07) is 28.6. The Hall–Kier alpha value is -3.00. The number of carbonyl (C=O) groups is 2. The van der Waals surface area contributed by atoms with Crippen LogP contribution in [0.2, 0.25) is 0 Å². The fraction of sp³-hybridized carbons (Fsp3) is 0.259. The van der Waals surface area contributed by atoms with Crippen molar-refractivity contribution >= 4 is 11.6 Å². The summed E-state index contributed by atoms with van der Waals surface area (Å²) in [6.07, 6.45) is 1.63. The van der Waals surface area contributed by atoms with Crippen LogP contribution in [0, 0.1) is 11.8 Å². The van der Waals surface area contributed by atoms with E-state index in [9.17, 15) is 9.59 Å². The minimum absolute atomic E-state index is 0.0145. The number of hydrogen-bond donors (Lipinski definition) is 0. The molecule has 0 saturated heterocycles. The van der Waals surface area contributed by atoms with Crippen molar-refractivity contribution in [2.24, 2.45) is 11.8 Å². The monoisotopic (exact) mass is 380 g/mol. The van der Waals surface area contributed by atoms with E-state index in [1.54, 1.807) is 0 Å². The van der Waals surface area contributed by atoms with Crippen LogP contribution in [0.25, 0.3) is 11.1 Å². The summed E-state index contributed by atoms with van der Waals surface area (Å²) in [5, 5.41) is 0. The van der Waals surface area contributed by atoms with Gasteiger partial charge in [-0.3, -0.25) is 9.59 Å². The standard InChI is InChI=1S/C27H24O2/c28-26-16-22(19-11-5-2-6-12-19)24-15-25(26)23(17-27(24)29)21-14-8-7-13-20(21)18-9-3-1-4-10-18/h1-14,22-25H,15-17H2/t22-,23-,24-,25+/m0/s1. The third-order valence-corrected chi connectivity index (χ3v) is 6.82. The first-order chi connectivity index (χ1) is 14.2. The highest BCUT2D eigenvalue weighted by Gasteiger charge is 2.48. The molecule has 29 heavy (non-hydrogen) atoms. The van der Waals surface area contributed by atoms with Crippen LogP contribution in [0.3, 0.4) is 0 Å². The van der Waals surface area contributed by atoms with Crippen molar-refractivity contribution in [3.8, 4) is 11.1 Å². The van der Waals surface area contributed by atoms with Crippen molar-refractivity contribution < 1.29 is 9.59 Å². The number of ketones is 2. The van der Waals surface area contributed by atoms with E-state index in [1.807, 2.05) is 48.5 Å². The largest absolute Gasteiger partial charge is 0.299 e. The molecule has 2 nitrogen and oxygen atoms in total. The maximum atomic E-state index is 13.2. The van der Waals surface area contributed by atoms with Gasteiger partial charge >= 0.3 is 0 Å². The van der Waals surface area contributed by atoms with Gasteiger partial charge in [0.1, 0.15) is 11.6 Å². The minimum Gasteiger partial charge on any atom is -0.299 e. The topological polar surface area (TPSA) is 34.1 Å². The van der Waals surface area contributed by atoms with Gasteiger partial charge in [0, 0.05) is 36.5 Å². The molecule has 0 amide bonds. The molecule has 0 aliphatic heterocycles. The van der Waals surface area contributed by atoms with Crippen LogP contribution < -0.4 is 0 Å². The highest BCUT2D eigenvalue weighted by Crippen LogP contribution is 2.51. The molecular weight excluding hydrogens is 356 g/mol. The van der Waals surface area contributed by atoms with Crippen molar-refractivity contribution in [3.63, 3.8) is 0 Å². The van der Waals surface area contributed by atoms with Gasteiger partial charge in [-0.15, -0.1) is 0 Å². The van der Waals surface area contributed by atoms with Crippen LogP contribution in [0.4, 0.5) is 0 Å². The number of benzene rings is 3. The lowest BCUT2D eigenvalue weighted by atomic mass is 9.58. The van der Waals surface area contributed by atoms with Gasteiger partial charge in [0.15, 0.2) is 0 Å². The third kappa shape index (κ3) is 3.23. The van der Waals surface area contributed by atoms with Crippen LogP contribution in [-0.4, -0.2) is 11.6 Å². The molecule has 0 aromatic heterocycles. The number of hydrogen-bond acceptors (Lipinski definition) is 2. The molecule has 0 N–H and O–H groups in total. The molecule has 5 rings (SSSR count). The summed E-state index contributed by atoms with van der Waals surface area (Å²) >= 11 is 0. The second-order valence-corrected chi connectivity index (χ2v) is 8.37. The molecule has 2 heteroatoms. The first kappa shape index (κ1) is 18.1. The summed E-state index contributed by atoms with van der Waals surface area (Å²) in [6.45, 7) is 0. The summed E-state index contributed by atoms with van der Waals surface area (Å²) < 4.78 is 0. The van der Waals surface area contributed by atoms with Gasteiger partial charge in [0.25, 0.3) is 0 Å². The molecule has 2 saturated carbocycles. The van der Waals surface area contributed by atoms with Crippen molar-refractivity contribution in [2.75, 3.05) is 0 Å². The van der Waals surface area contributed by atoms with E-state index in [2.05, 4.69) is 36.4 Å². The Morgan fingerprint density at radius 3 is 1.83 bits per heavy atom. The summed E-state index contributed by atoms with van der Waals surface area (Å²) in [7, 11) is 0. The normalized spacial score (nSPS) is 26.3. The van der Waals surface area contributed by atoms with Crippen molar-refractivity contribution in [1.82, 2.24) is 0 Å². The van der Waals surface area contributed by atoms with Crippen LogP contribution in [0.15, 0.2) is 84.9 Å². The van der Waals surface area contributed by atoms with E-state index in [0.717, 1.165) is 22.3 Å². The molecule has 4 atom stereocenters. The van der Waals surface area contributed by atoms with Crippen molar-refractivity contribution in [1.29, 1.82) is 0 Å². The maximum Gasteiger partial charge on any atom is 0.137 e. The highest BCUT2D eigenvalue weighted by molar-refractivity contribution is 5.93. The third-order valence-electron chi connectivity index (χ3n) is 6.82. The Morgan fingerprint density at radius 1 is 0.552 bits per heavy atom. The fourth-order valence-electron chi connectivity index (χ4n) is 5.41. The van der Waals surface area contributed by atoms with Crippen LogP contribution in [0.5, 0.6) is 0 Å². The van der Waals surface area contributed by atoms with Gasteiger partial charge in [-0.1, -0.05) is 84.9 Å². The molecule has 0 unspecified atom stereocenters. The van der Waals surface area contributed by atoms with E-state index < -0.39 is 0 Å². The van der Waals surface area contributed by atoms with Crippen LogP contribution in [0.1, 0.15) is 42.2 Å². The number of rotatable bonds is 3. The summed E-state index contributed by atoms with van der Waals surface area (Å²) in [4.78, 5) is 26.4. The van der Waals surface area contributed by atoms with Crippen molar-refractivity contribution in [2.45, 2.75) is 31.1 Å². The predicted octanol–water partition coefficient (Wildman–Crippen LogP) is 5.79. The molecule has 3 aromatic carbocycles. The van der Waals surface area contributed by atoms with E-state index in [1.165, 1.54) is 0 Å². The lowest BCUT2D eigenvalue weighted by Crippen LogP contribution is -2.43. The Balaban J connectivity index is 1.51. The molecule has 0 heterocycles. The van der Waals surface area contributed by atoms with Gasteiger partial charge in [-0.2, -0.15) is 0 Å². The first-order valence-corrected chi connectivity index (χ1v) is 10.5. The summed E-state index contributed by atoms with van der Waals surface area (Å²) in [5.41, 5.74) is 4.55. The van der Waals surface area contributed by atoms with E-state index in [4.69, 9.17) is 0 Å². The lowest BCUT2D eigenvalue weighted by molar-refractivity contribution is -0.137. The molecule has 0 radical (unpaired) electrons. The zero-order valence-electron chi connectivity index (χ0n) is 16.3. The van der Waals surface area contributed by atoms with Gasteiger partial charge in [-0.25, -0.2) is 0 Å². The van der Waals surface area contributed by atoms with Gasteiger partial charge in [-0.05, 0) is 28.7 Å². The lowest BCUT2D eigenvalue weighted by Gasteiger charge is -2.43. The van der Waals surface area contributed by atoms with Gasteiger partial charge in [0.2, 0.25) is 0 Å². The molecule has 3 aromatic rings. The van der Waals surface area contributed by atoms with Crippen LogP contribution in [-0.2, 0) is 9.59 Å². The smallest absolute Gasteiger partial charge is 0.137 e. The Morgan fingerprint density at radius 2 is 1.10 bits per heavy atom. The SMILES string of the molecule is O=C1C[C@@H](c2ccccc2-c2ccccc2)[C@H]2C[C@H]1[C@H](c1ccccc1)CC2=O.